The Morgan fingerprint density at radius 1 is 1.18 bits per heavy atom. The summed E-state index contributed by atoms with van der Waals surface area (Å²) in [5.74, 6) is -1.10. The second-order valence-corrected chi connectivity index (χ2v) is 8.72. The molecule has 5 rings (SSSR count). The molecule has 3 fully saturated rings. The van der Waals surface area contributed by atoms with Gasteiger partial charge < -0.3 is 9.47 Å². The Morgan fingerprint density at radius 3 is 2.36 bits per heavy atom. The number of anilines is 1. The SMILES string of the molecule is CC12C(=O)N(c3nc4ccc(OC(F)(F)F)cc4s3)C(=O)[C@@]1(C)[C@@H]1CC[C@H]2O1. The van der Waals surface area contributed by atoms with Gasteiger partial charge in [0.25, 0.3) is 0 Å². The van der Waals surface area contributed by atoms with Crippen molar-refractivity contribution >= 4 is 38.5 Å². The van der Waals surface area contributed by atoms with Crippen molar-refractivity contribution in [3.63, 3.8) is 0 Å². The quantitative estimate of drug-likeness (QED) is 0.705. The Bertz CT molecular complexity index is 1000. The third-order valence-electron chi connectivity index (χ3n) is 6.45. The van der Waals surface area contributed by atoms with Crippen molar-refractivity contribution in [3.05, 3.63) is 18.2 Å². The lowest BCUT2D eigenvalue weighted by Gasteiger charge is -2.36. The van der Waals surface area contributed by atoms with E-state index in [9.17, 15) is 22.8 Å². The molecular formula is C18H15F3N2O4S. The highest BCUT2D eigenvalue weighted by atomic mass is 32.1. The van der Waals surface area contributed by atoms with Crippen LogP contribution < -0.4 is 9.64 Å². The molecule has 10 heteroatoms. The highest BCUT2D eigenvalue weighted by Crippen LogP contribution is 2.64. The van der Waals surface area contributed by atoms with Crippen LogP contribution in [-0.4, -0.2) is 35.4 Å². The monoisotopic (exact) mass is 412 g/mol. The molecular weight excluding hydrogens is 397 g/mol. The molecule has 0 saturated carbocycles. The molecule has 6 nitrogen and oxygen atoms in total. The van der Waals surface area contributed by atoms with Gasteiger partial charge in [-0.1, -0.05) is 11.3 Å². The second kappa shape index (κ2) is 5.24. The minimum Gasteiger partial charge on any atom is -0.406 e. The van der Waals surface area contributed by atoms with Crippen molar-refractivity contribution in [2.24, 2.45) is 10.8 Å². The predicted octanol–water partition coefficient (Wildman–Crippen LogP) is 3.64. The van der Waals surface area contributed by atoms with Crippen LogP contribution in [0.2, 0.25) is 0 Å². The average molecular weight is 412 g/mol. The van der Waals surface area contributed by atoms with Crippen LogP contribution in [0.3, 0.4) is 0 Å². The number of carbonyl (C=O) groups is 2. The Labute approximate surface area is 161 Å². The van der Waals surface area contributed by atoms with E-state index in [1.54, 1.807) is 13.8 Å². The number of benzene rings is 1. The number of ether oxygens (including phenoxy) is 2. The summed E-state index contributed by atoms with van der Waals surface area (Å²) in [7, 11) is 0. The van der Waals surface area contributed by atoms with Gasteiger partial charge in [0.1, 0.15) is 5.75 Å². The van der Waals surface area contributed by atoms with Crippen LogP contribution in [0.4, 0.5) is 18.3 Å². The first kappa shape index (κ1) is 17.9. The number of hydrogen-bond donors (Lipinski definition) is 0. The molecule has 3 aliphatic rings. The zero-order valence-corrected chi connectivity index (χ0v) is 15.7. The Hall–Kier alpha value is -2.20. The van der Waals surface area contributed by atoms with Gasteiger partial charge in [-0.15, -0.1) is 13.2 Å². The molecule has 0 aliphatic carbocycles. The van der Waals surface area contributed by atoms with E-state index in [1.807, 2.05) is 0 Å². The molecule has 1 aromatic heterocycles. The van der Waals surface area contributed by atoms with Gasteiger partial charge in [0.05, 0.1) is 33.3 Å². The first-order chi connectivity index (χ1) is 13.1. The van der Waals surface area contributed by atoms with E-state index in [2.05, 4.69) is 9.72 Å². The zero-order chi connectivity index (χ0) is 20.1. The Balaban J connectivity index is 1.56. The van der Waals surface area contributed by atoms with Crippen molar-refractivity contribution in [1.29, 1.82) is 0 Å². The van der Waals surface area contributed by atoms with E-state index in [4.69, 9.17) is 4.74 Å². The van der Waals surface area contributed by atoms with Crippen LogP contribution in [-0.2, 0) is 14.3 Å². The van der Waals surface area contributed by atoms with E-state index in [0.29, 0.717) is 10.2 Å². The molecule has 0 N–H and O–H groups in total. The lowest BCUT2D eigenvalue weighted by Crippen LogP contribution is -2.48. The number of aromatic nitrogens is 1. The van der Waals surface area contributed by atoms with Gasteiger partial charge in [-0.3, -0.25) is 9.59 Å². The molecule has 2 aromatic rings. The Morgan fingerprint density at radius 2 is 1.79 bits per heavy atom. The van der Waals surface area contributed by atoms with Crippen molar-refractivity contribution in [1.82, 2.24) is 4.98 Å². The molecule has 0 spiro atoms. The Kier molecular flexibility index (Phi) is 3.34. The van der Waals surface area contributed by atoms with Gasteiger partial charge in [-0.2, -0.15) is 0 Å². The fourth-order valence-electron chi connectivity index (χ4n) is 4.79. The number of alkyl halides is 3. The largest absolute Gasteiger partial charge is 0.573 e. The van der Waals surface area contributed by atoms with Gasteiger partial charge in [0, 0.05) is 6.07 Å². The number of amides is 2. The van der Waals surface area contributed by atoms with Gasteiger partial charge in [-0.05, 0) is 38.8 Å². The number of carbonyl (C=O) groups excluding carboxylic acids is 2. The molecule has 3 saturated heterocycles. The first-order valence-electron chi connectivity index (χ1n) is 8.76. The maximum Gasteiger partial charge on any atom is 0.573 e. The maximum absolute atomic E-state index is 13.3. The summed E-state index contributed by atoms with van der Waals surface area (Å²) in [6, 6.07) is 3.73. The fourth-order valence-corrected chi connectivity index (χ4v) is 5.78. The lowest BCUT2D eigenvalue weighted by atomic mass is 9.59. The molecule has 2 amide bonds. The van der Waals surface area contributed by atoms with Crippen LogP contribution >= 0.6 is 11.3 Å². The molecule has 2 bridgehead atoms. The summed E-state index contributed by atoms with van der Waals surface area (Å²) in [5, 5.41) is 0.158. The molecule has 0 radical (unpaired) electrons. The molecule has 4 heterocycles. The summed E-state index contributed by atoms with van der Waals surface area (Å²) < 4.78 is 47.5. The summed E-state index contributed by atoms with van der Waals surface area (Å²) in [5.41, 5.74) is -1.54. The third-order valence-corrected chi connectivity index (χ3v) is 7.46. The summed E-state index contributed by atoms with van der Waals surface area (Å²) >= 11 is 0.986. The lowest BCUT2D eigenvalue weighted by molar-refractivity contribution is -0.274. The predicted molar refractivity (Wildman–Crippen MR) is 92.9 cm³/mol. The van der Waals surface area contributed by atoms with Crippen LogP contribution in [0.5, 0.6) is 5.75 Å². The first-order valence-corrected chi connectivity index (χ1v) is 9.58. The van der Waals surface area contributed by atoms with Crippen molar-refractivity contribution in [3.8, 4) is 5.75 Å². The highest BCUT2D eigenvalue weighted by molar-refractivity contribution is 7.22. The topological polar surface area (TPSA) is 68.7 Å². The van der Waals surface area contributed by atoms with E-state index >= 15 is 0 Å². The minimum absolute atomic E-state index is 0.158. The van der Waals surface area contributed by atoms with Crippen molar-refractivity contribution in [2.45, 2.75) is 45.3 Å². The number of halogens is 3. The van der Waals surface area contributed by atoms with Crippen LogP contribution in [0, 0.1) is 10.8 Å². The summed E-state index contributed by atoms with van der Waals surface area (Å²) in [4.78, 5) is 31.9. The number of rotatable bonds is 2. The highest BCUT2D eigenvalue weighted by Gasteiger charge is 2.77. The molecule has 3 aliphatic heterocycles. The van der Waals surface area contributed by atoms with Crippen molar-refractivity contribution in [2.75, 3.05) is 4.90 Å². The van der Waals surface area contributed by atoms with E-state index < -0.39 is 17.2 Å². The maximum atomic E-state index is 13.3. The third kappa shape index (κ3) is 2.04. The molecule has 148 valence electrons. The van der Waals surface area contributed by atoms with E-state index in [1.165, 1.54) is 12.1 Å². The second-order valence-electron chi connectivity index (χ2n) is 7.71. The van der Waals surface area contributed by atoms with Gasteiger partial charge in [0.2, 0.25) is 11.8 Å². The number of fused-ring (bicyclic) bond motifs is 6. The number of thiazole rings is 1. The van der Waals surface area contributed by atoms with E-state index in [-0.39, 0.29) is 34.9 Å². The minimum atomic E-state index is -4.80. The van der Waals surface area contributed by atoms with Crippen LogP contribution in [0.1, 0.15) is 26.7 Å². The zero-order valence-electron chi connectivity index (χ0n) is 14.9. The average Bonchev–Trinajstić information content (AvgIpc) is 3.31. The van der Waals surface area contributed by atoms with Crippen LogP contribution in [0.25, 0.3) is 10.2 Å². The van der Waals surface area contributed by atoms with E-state index in [0.717, 1.165) is 35.1 Å². The van der Waals surface area contributed by atoms with Gasteiger partial charge in [0.15, 0.2) is 5.13 Å². The van der Waals surface area contributed by atoms with Crippen molar-refractivity contribution < 1.29 is 32.2 Å². The number of imide groups is 1. The molecule has 4 atom stereocenters. The fraction of sp³-hybridized carbons (Fsp3) is 0.500. The molecule has 28 heavy (non-hydrogen) atoms. The smallest absolute Gasteiger partial charge is 0.406 e. The standard InChI is InChI=1S/C18H15F3N2O4S/c1-16-11-5-6-12(26-11)17(16,2)14(25)23(13(16)24)15-22-9-4-3-8(7-10(9)28-15)27-18(19,20)21/h3-4,7,11-12H,5-6H2,1-2H3/t11-,12+,16+,17?/m0/s1. The number of hydrogen-bond acceptors (Lipinski definition) is 6. The van der Waals surface area contributed by atoms with Gasteiger partial charge in [-0.25, -0.2) is 9.88 Å². The number of nitrogens with zero attached hydrogens (tertiary/aromatic N) is 2. The normalized spacial score (nSPS) is 34.5. The molecule has 1 aromatic carbocycles. The summed E-state index contributed by atoms with van der Waals surface area (Å²) in [6.07, 6.45) is -3.99. The summed E-state index contributed by atoms with van der Waals surface area (Å²) in [6.45, 7) is 3.53. The van der Waals surface area contributed by atoms with Gasteiger partial charge >= 0.3 is 6.36 Å². The van der Waals surface area contributed by atoms with Crippen LogP contribution in [0.15, 0.2) is 18.2 Å². The molecule has 1 unspecified atom stereocenters.